The largest absolute Gasteiger partial charge is 0.490 e. The van der Waals surface area contributed by atoms with Crippen LogP contribution in [0.15, 0.2) is 101 Å². The average molecular weight is 498 g/mol. The van der Waals surface area contributed by atoms with Gasteiger partial charge in [-0.3, -0.25) is 9.59 Å². The summed E-state index contributed by atoms with van der Waals surface area (Å²) >= 11 is 0. The van der Waals surface area contributed by atoms with Crippen LogP contribution in [0.1, 0.15) is 43.8 Å². The number of rotatable bonds is 9. The van der Waals surface area contributed by atoms with Gasteiger partial charge in [-0.05, 0) is 73.2 Å². The zero-order valence-corrected chi connectivity index (χ0v) is 19.8. The molecule has 1 heterocycles. The number of nitrogens with one attached hydrogen (secondary N) is 2. The third-order valence-corrected chi connectivity index (χ3v) is 4.99. The van der Waals surface area contributed by atoms with Crippen LogP contribution in [0.5, 0.6) is 11.5 Å². The molecular weight excluding hydrogens is 474 g/mol. The van der Waals surface area contributed by atoms with E-state index >= 15 is 0 Å². The Kier molecular flexibility index (Phi) is 8.07. The van der Waals surface area contributed by atoms with Crippen molar-refractivity contribution in [3.8, 4) is 11.5 Å². The molecule has 1 aromatic heterocycles. The molecule has 4 aromatic rings. The number of anilines is 1. The van der Waals surface area contributed by atoms with E-state index in [1.807, 2.05) is 6.07 Å². The van der Waals surface area contributed by atoms with E-state index in [-0.39, 0.29) is 17.4 Å². The van der Waals surface area contributed by atoms with Crippen LogP contribution in [0.4, 0.5) is 5.69 Å². The number of amides is 2. The quantitative estimate of drug-likeness (QED) is 0.147. The maximum absolute atomic E-state index is 12.6. The Morgan fingerprint density at radius 1 is 0.865 bits per heavy atom. The molecule has 9 heteroatoms. The Bertz CT molecular complexity index is 1420. The van der Waals surface area contributed by atoms with Gasteiger partial charge in [0.25, 0.3) is 11.8 Å². The Labute approximate surface area is 212 Å². The van der Waals surface area contributed by atoms with Crippen molar-refractivity contribution in [1.82, 2.24) is 5.43 Å². The maximum atomic E-state index is 12.6. The predicted octanol–water partition coefficient (Wildman–Crippen LogP) is 4.91. The highest BCUT2D eigenvalue weighted by Crippen LogP contribution is 2.29. The topological polar surface area (TPSA) is 119 Å². The van der Waals surface area contributed by atoms with Crippen molar-refractivity contribution in [2.45, 2.75) is 6.92 Å². The molecule has 9 nitrogen and oxygen atoms in total. The summed E-state index contributed by atoms with van der Waals surface area (Å²) in [6, 6.07) is 23.2. The highest BCUT2D eigenvalue weighted by Gasteiger charge is 2.15. The monoisotopic (exact) mass is 497 g/mol. The van der Waals surface area contributed by atoms with Crippen LogP contribution in [0.2, 0.25) is 0 Å². The van der Waals surface area contributed by atoms with Crippen molar-refractivity contribution < 1.29 is 28.3 Å². The first kappa shape index (κ1) is 24.9. The van der Waals surface area contributed by atoms with E-state index in [1.54, 1.807) is 79.7 Å². The first-order chi connectivity index (χ1) is 18.0. The normalized spacial score (nSPS) is 10.6. The molecule has 0 saturated heterocycles. The Morgan fingerprint density at radius 2 is 1.68 bits per heavy atom. The summed E-state index contributed by atoms with van der Waals surface area (Å²) in [5.41, 5.74) is 4.36. The van der Waals surface area contributed by atoms with Gasteiger partial charge < -0.3 is 19.2 Å². The lowest BCUT2D eigenvalue weighted by atomic mass is 10.1. The average Bonchev–Trinajstić information content (AvgIpc) is 3.46. The third-order valence-electron chi connectivity index (χ3n) is 4.99. The second-order valence-electron chi connectivity index (χ2n) is 7.61. The summed E-state index contributed by atoms with van der Waals surface area (Å²) in [5.74, 6) is -0.764. The number of nitrogens with zero attached hydrogens (tertiary/aromatic N) is 1. The Morgan fingerprint density at radius 3 is 2.43 bits per heavy atom. The summed E-state index contributed by atoms with van der Waals surface area (Å²) in [4.78, 5) is 37.1. The third kappa shape index (κ3) is 6.70. The number of hydrazone groups is 1. The molecule has 0 spiro atoms. The molecule has 4 rings (SSSR count). The Balaban J connectivity index is 1.39. The highest BCUT2D eigenvalue weighted by molar-refractivity contribution is 6.05. The van der Waals surface area contributed by atoms with Gasteiger partial charge in [-0.1, -0.05) is 24.3 Å². The summed E-state index contributed by atoms with van der Waals surface area (Å²) in [5, 5.41) is 6.77. The number of carbonyl (C=O) groups is 3. The number of furan rings is 1. The lowest BCUT2D eigenvalue weighted by molar-refractivity contribution is 0.0694. The smallest absolute Gasteiger partial charge is 0.379 e. The SMILES string of the molecule is CCOc1cc(C=NNC(=O)c2cccc(NC(=O)c3ccccc3)c2)ccc1OC(=O)c1ccco1. The maximum Gasteiger partial charge on any atom is 0.379 e. The fraction of sp³-hybridized carbons (Fsp3) is 0.0714. The lowest BCUT2D eigenvalue weighted by Gasteiger charge is -2.10. The number of esters is 1. The zero-order chi connectivity index (χ0) is 26.0. The Hall–Kier alpha value is -5.18. The van der Waals surface area contributed by atoms with Gasteiger partial charge in [0.05, 0.1) is 19.1 Å². The molecule has 0 radical (unpaired) electrons. The molecule has 0 unspecified atom stereocenters. The second-order valence-corrected chi connectivity index (χ2v) is 7.61. The molecular formula is C28H23N3O6. The number of ether oxygens (including phenoxy) is 2. The predicted molar refractivity (Wildman–Crippen MR) is 137 cm³/mol. The van der Waals surface area contributed by atoms with Crippen molar-refractivity contribution in [2.24, 2.45) is 5.10 Å². The van der Waals surface area contributed by atoms with E-state index in [9.17, 15) is 14.4 Å². The van der Waals surface area contributed by atoms with Gasteiger partial charge in [-0.15, -0.1) is 0 Å². The van der Waals surface area contributed by atoms with Gasteiger partial charge in [-0.25, -0.2) is 10.2 Å². The van der Waals surface area contributed by atoms with Gasteiger partial charge >= 0.3 is 5.97 Å². The first-order valence-electron chi connectivity index (χ1n) is 11.4. The van der Waals surface area contributed by atoms with E-state index in [0.29, 0.717) is 34.7 Å². The van der Waals surface area contributed by atoms with Crippen LogP contribution in [-0.4, -0.2) is 30.6 Å². The van der Waals surface area contributed by atoms with Gasteiger partial charge in [0.1, 0.15) is 0 Å². The summed E-state index contributed by atoms with van der Waals surface area (Å²) in [6.07, 6.45) is 2.81. The van der Waals surface area contributed by atoms with Gasteiger partial charge in [0, 0.05) is 16.8 Å². The molecule has 186 valence electrons. The summed E-state index contributed by atoms with van der Waals surface area (Å²) in [7, 11) is 0. The lowest BCUT2D eigenvalue weighted by Crippen LogP contribution is -2.18. The molecule has 0 saturated carbocycles. The minimum absolute atomic E-state index is 0.0690. The van der Waals surface area contributed by atoms with Gasteiger partial charge in [0.15, 0.2) is 11.5 Å². The molecule has 2 N–H and O–H groups in total. The summed E-state index contributed by atoms with van der Waals surface area (Å²) in [6.45, 7) is 2.15. The molecule has 37 heavy (non-hydrogen) atoms. The molecule has 2 amide bonds. The standard InChI is InChI=1S/C28H23N3O6/c1-2-35-25-16-19(13-14-23(25)37-28(34)24-12-7-15-36-24)18-29-31-27(33)21-10-6-11-22(17-21)30-26(32)20-8-4-3-5-9-20/h3-18H,2H2,1H3,(H,30,32)(H,31,33). The molecule has 3 aromatic carbocycles. The molecule has 0 aliphatic heterocycles. The van der Waals surface area contributed by atoms with E-state index in [2.05, 4.69) is 15.8 Å². The summed E-state index contributed by atoms with van der Waals surface area (Å²) < 4.78 is 16.0. The van der Waals surface area contributed by atoms with Crippen LogP contribution >= 0.6 is 0 Å². The molecule has 0 bridgehead atoms. The second kappa shape index (κ2) is 12.0. The van der Waals surface area contributed by atoms with Crippen LogP contribution in [-0.2, 0) is 0 Å². The van der Waals surface area contributed by atoms with Gasteiger partial charge in [-0.2, -0.15) is 5.10 Å². The van der Waals surface area contributed by atoms with Crippen LogP contribution in [0, 0.1) is 0 Å². The van der Waals surface area contributed by atoms with E-state index in [0.717, 1.165) is 0 Å². The molecule has 0 fully saturated rings. The van der Waals surface area contributed by atoms with Crippen molar-refractivity contribution >= 4 is 29.7 Å². The fourth-order valence-corrected chi connectivity index (χ4v) is 3.26. The first-order valence-corrected chi connectivity index (χ1v) is 11.4. The van der Waals surface area contributed by atoms with Gasteiger partial charge in [0.2, 0.25) is 5.76 Å². The van der Waals surface area contributed by atoms with Crippen molar-refractivity contribution in [3.05, 3.63) is 114 Å². The van der Waals surface area contributed by atoms with E-state index in [4.69, 9.17) is 13.9 Å². The van der Waals surface area contributed by atoms with Crippen LogP contribution in [0.3, 0.4) is 0 Å². The number of benzene rings is 3. The highest BCUT2D eigenvalue weighted by atomic mass is 16.6. The van der Waals surface area contributed by atoms with Crippen molar-refractivity contribution in [2.75, 3.05) is 11.9 Å². The minimum atomic E-state index is -0.651. The van der Waals surface area contributed by atoms with E-state index in [1.165, 1.54) is 18.5 Å². The van der Waals surface area contributed by atoms with Crippen LogP contribution < -0.4 is 20.2 Å². The zero-order valence-electron chi connectivity index (χ0n) is 19.8. The number of hydrogen-bond acceptors (Lipinski definition) is 7. The molecule has 0 aliphatic carbocycles. The molecule has 0 atom stereocenters. The number of hydrogen-bond donors (Lipinski definition) is 2. The molecule has 0 aliphatic rings. The van der Waals surface area contributed by atoms with Crippen molar-refractivity contribution in [1.29, 1.82) is 0 Å². The number of carbonyl (C=O) groups excluding carboxylic acids is 3. The van der Waals surface area contributed by atoms with Crippen molar-refractivity contribution in [3.63, 3.8) is 0 Å². The fourth-order valence-electron chi connectivity index (χ4n) is 3.26. The van der Waals surface area contributed by atoms with E-state index < -0.39 is 11.9 Å². The minimum Gasteiger partial charge on any atom is -0.490 e. The van der Waals surface area contributed by atoms with Crippen LogP contribution in [0.25, 0.3) is 0 Å².